The van der Waals surface area contributed by atoms with Gasteiger partial charge in [0.15, 0.2) is 0 Å². The summed E-state index contributed by atoms with van der Waals surface area (Å²) in [5.74, 6) is -3.00. The zero-order valence-electron chi connectivity index (χ0n) is 21.5. The lowest BCUT2D eigenvalue weighted by molar-refractivity contribution is -0.136. The summed E-state index contributed by atoms with van der Waals surface area (Å²) in [6.07, 6.45) is 2.95. The highest BCUT2D eigenvalue weighted by Gasteiger charge is 2.74. The Morgan fingerprint density at radius 1 is 0.524 bits per heavy atom. The van der Waals surface area contributed by atoms with Crippen molar-refractivity contribution in [3.63, 3.8) is 0 Å². The smallest absolute Gasteiger partial charge is 0.253 e. The fraction of sp³-hybridized carbons (Fsp3) is 0.200. The number of nitrogens with zero attached hydrogens (tertiary/aromatic N) is 4. The third kappa shape index (κ3) is 3.34. The maximum atomic E-state index is 14.2. The minimum absolute atomic E-state index is 0.338. The van der Waals surface area contributed by atoms with Crippen LogP contribution in [0.5, 0.6) is 0 Å². The number of carbonyl (C=O) groups excluding carboxylic acids is 4. The molecule has 4 saturated heterocycles. The maximum Gasteiger partial charge on any atom is 0.253 e. The van der Waals surface area contributed by atoms with Gasteiger partial charge in [0.25, 0.3) is 11.8 Å². The second-order valence-electron chi connectivity index (χ2n) is 10.6. The second kappa shape index (κ2) is 9.14. The number of rotatable bonds is 4. The number of hydrogen-bond donors (Lipinski definition) is 0. The highest BCUT2D eigenvalue weighted by molar-refractivity contribution is 6.32. The number of amides is 4. The third-order valence-corrected chi connectivity index (χ3v) is 9.00. The van der Waals surface area contributed by atoms with Crippen molar-refractivity contribution < 1.29 is 28.0 Å². The van der Waals surface area contributed by atoms with Crippen LogP contribution in [0.2, 0.25) is 10.0 Å². The maximum absolute atomic E-state index is 14.2. The van der Waals surface area contributed by atoms with Crippen molar-refractivity contribution in [2.75, 3.05) is 9.80 Å². The molecule has 42 heavy (non-hydrogen) atoms. The van der Waals surface area contributed by atoms with Gasteiger partial charge < -0.3 is 8.83 Å². The van der Waals surface area contributed by atoms with E-state index in [1.165, 1.54) is 12.5 Å². The van der Waals surface area contributed by atoms with Crippen LogP contribution in [0, 0.1) is 11.8 Å². The third-order valence-electron chi connectivity index (χ3n) is 8.53. The van der Waals surface area contributed by atoms with Crippen molar-refractivity contribution >= 4 is 58.2 Å². The zero-order valence-corrected chi connectivity index (χ0v) is 23.1. The predicted molar refractivity (Wildman–Crippen MR) is 149 cm³/mol. The van der Waals surface area contributed by atoms with Gasteiger partial charge in [0.05, 0.1) is 47.8 Å². The molecule has 6 atom stereocenters. The number of anilines is 2. The Balaban J connectivity index is 1.31. The molecule has 0 saturated carbocycles. The lowest BCUT2D eigenvalue weighted by Gasteiger charge is -2.34. The SMILES string of the molecule is O=C1[C@@H]2[C@@H](C(=O)N1c1cccc(Cl)c1)N1[C@@H](c3ccco3)[C@H]3C(=O)N(c4cccc(Cl)c4)C(=O)[C@@H]3N1[C@@H]2c1ccco1. The topological polar surface area (TPSA) is 108 Å². The van der Waals surface area contributed by atoms with Crippen LogP contribution in [0.3, 0.4) is 0 Å². The molecule has 0 aliphatic carbocycles. The van der Waals surface area contributed by atoms with E-state index < -0.39 is 59.6 Å². The molecule has 12 heteroatoms. The summed E-state index contributed by atoms with van der Waals surface area (Å²) >= 11 is 12.4. The van der Waals surface area contributed by atoms with Gasteiger partial charge in [0, 0.05) is 10.0 Å². The van der Waals surface area contributed by atoms with Crippen molar-refractivity contribution in [3.8, 4) is 0 Å². The molecule has 4 aliphatic rings. The summed E-state index contributed by atoms with van der Waals surface area (Å²) in [5.41, 5.74) is 0.676. The Morgan fingerprint density at radius 2 is 0.952 bits per heavy atom. The van der Waals surface area contributed by atoms with Crippen LogP contribution in [-0.4, -0.2) is 45.7 Å². The minimum atomic E-state index is -1.03. The average Bonchev–Trinajstić information content (AvgIpc) is 3.79. The molecule has 4 aromatic rings. The van der Waals surface area contributed by atoms with Gasteiger partial charge in [-0.3, -0.25) is 19.2 Å². The summed E-state index contributed by atoms with van der Waals surface area (Å²) in [6.45, 7) is 0. The van der Waals surface area contributed by atoms with Crippen LogP contribution in [0.15, 0.2) is 94.2 Å². The van der Waals surface area contributed by atoms with Crippen LogP contribution in [0.25, 0.3) is 0 Å². The number of furan rings is 2. The summed E-state index contributed by atoms with van der Waals surface area (Å²) in [7, 11) is 0. The Morgan fingerprint density at radius 3 is 1.31 bits per heavy atom. The van der Waals surface area contributed by atoms with Crippen molar-refractivity contribution in [2.24, 2.45) is 11.8 Å². The molecule has 10 nitrogen and oxygen atoms in total. The van der Waals surface area contributed by atoms with E-state index in [4.69, 9.17) is 32.0 Å². The van der Waals surface area contributed by atoms with E-state index in [0.29, 0.717) is 32.9 Å². The summed E-state index contributed by atoms with van der Waals surface area (Å²) in [4.78, 5) is 59.0. The summed E-state index contributed by atoms with van der Waals surface area (Å²) in [6, 6.07) is 16.0. The Hall–Kier alpha value is -4.22. The molecule has 2 aromatic carbocycles. The van der Waals surface area contributed by atoms with Crippen molar-refractivity contribution in [1.82, 2.24) is 10.0 Å². The molecule has 0 unspecified atom stereocenters. The molecule has 0 spiro atoms. The van der Waals surface area contributed by atoms with E-state index in [2.05, 4.69) is 0 Å². The predicted octanol–water partition coefficient (Wildman–Crippen LogP) is 4.62. The van der Waals surface area contributed by atoms with Gasteiger partial charge in [0.2, 0.25) is 11.8 Å². The van der Waals surface area contributed by atoms with Crippen LogP contribution in [0.4, 0.5) is 11.4 Å². The molecule has 4 aliphatic heterocycles. The zero-order chi connectivity index (χ0) is 28.9. The van der Waals surface area contributed by atoms with Gasteiger partial charge in [0.1, 0.15) is 23.6 Å². The highest BCUT2D eigenvalue weighted by atomic mass is 35.5. The normalized spacial score (nSPS) is 29.1. The first-order valence-corrected chi connectivity index (χ1v) is 14.0. The number of hydrogen-bond acceptors (Lipinski definition) is 8. The molecular formula is C30H20Cl2N4O6. The number of benzene rings is 2. The second-order valence-corrected chi connectivity index (χ2v) is 11.5. The van der Waals surface area contributed by atoms with Gasteiger partial charge in [-0.1, -0.05) is 35.3 Å². The fourth-order valence-electron chi connectivity index (χ4n) is 7.05. The van der Waals surface area contributed by atoms with Crippen LogP contribution in [0.1, 0.15) is 23.6 Å². The van der Waals surface area contributed by atoms with Gasteiger partial charge in [-0.2, -0.15) is 0 Å². The molecule has 0 bridgehead atoms. The fourth-order valence-corrected chi connectivity index (χ4v) is 7.42. The first-order valence-electron chi connectivity index (χ1n) is 13.3. The lowest BCUT2D eigenvalue weighted by Crippen LogP contribution is -2.50. The van der Waals surface area contributed by atoms with E-state index in [-0.39, 0.29) is 0 Å². The number of halogens is 2. The molecule has 2 aromatic heterocycles. The molecule has 4 fully saturated rings. The number of carbonyl (C=O) groups is 4. The standard InChI is InChI=1S/C30H20Cl2N4O6/c31-15-5-1-7-17(13-15)33-27(37)21-23(19-9-3-11-41-19)36-26-22(24(20-10-4-12-42-20)35(36)25(21)29(33)39)28(38)34(30(26)40)18-8-2-6-16(32)14-18/h1-14,21-26H/t21-,22+,23+,24-,25-,26+. The Kier molecular flexibility index (Phi) is 5.55. The van der Waals surface area contributed by atoms with Gasteiger partial charge in [-0.25, -0.2) is 19.8 Å². The van der Waals surface area contributed by atoms with Crippen molar-refractivity contribution in [3.05, 3.63) is 107 Å². The van der Waals surface area contributed by atoms with Crippen LogP contribution in [-0.2, 0) is 19.2 Å². The lowest BCUT2D eigenvalue weighted by atomic mass is 9.87. The highest BCUT2D eigenvalue weighted by Crippen LogP contribution is 2.59. The summed E-state index contributed by atoms with van der Waals surface area (Å²) < 4.78 is 11.6. The molecular weight excluding hydrogens is 583 g/mol. The first-order chi connectivity index (χ1) is 20.4. The number of hydrazine groups is 1. The van der Waals surface area contributed by atoms with Crippen LogP contribution >= 0.6 is 23.2 Å². The summed E-state index contributed by atoms with van der Waals surface area (Å²) in [5, 5.41) is 4.13. The molecule has 8 rings (SSSR count). The molecule has 0 N–H and O–H groups in total. The molecule has 4 amide bonds. The molecule has 0 radical (unpaired) electrons. The Labute approximate surface area is 248 Å². The molecule has 210 valence electrons. The quantitative estimate of drug-likeness (QED) is 0.311. The minimum Gasteiger partial charge on any atom is -0.468 e. The monoisotopic (exact) mass is 602 g/mol. The first kappa shape index (κ1) is 25.5. The largest absolute Gasteiger partial charge is 0.468 e. The van der Waals surface area contributed by atoms with Gasteiger partial charge in [-0.05, 0) is 60.7 Å². The Bertz CT molecular complexity index is 1650. The van der Waals surface area contributed by atoms with Gasteiger partial charge >= 0.3 is 0 Å². The molecule has 6 heterocycles. The number of imide groups is 2. The van der Waals surface area contributed by atoms with E-state index in [1.54, 1.807) is 82.8 Å². The number of fused-ring (bicyclic) bond motifs is 5. The van der Waals surface area contributed by atoms with Crippen LogP contribution < -0.4 is 9.80 Å². The van der Waals surface area contributed by atoms with E-state index in [9.17, 15) is 19.2 Å². The van der Waals surface area contributed by atoms with E-state index in [0.717, 1.165) is 9.80 Å². The average molecular weight is 603 g/mol. The van der Waals surface area contributed by atoms with E-state index in [1.807, 2.05) is 0 Å². The van der Waals surface area contributed by atoms with Crippen molar-refractivity contribution in [2.45, 2.75) is 24.2 Å². The van der Waals surface area contributed by atoms with E-state index >= 15 is 0 Å². The van der Waals surface area contributed by atoms with Crippen molar-refractivity contribution in [1.29, 1.82) is 0 Å². The van der Waals surface area contributed by atoms with Gasteiger partial charge in [-0.15, -0.1) is 0 Å².